The van der Waals surface area contributed by atoms with Crippen LogP contribution in [-0.4, -0.2) is 35.5 Å². The number of carbonyl (C=O) groups excluding carboxylic acids is 1. The maximum atomic E-state index is 14.0. The molecular weight excluding hydrogens is 463 g/mol. The Morgan fingerprint density at radius 3 is 2.50 bits per heavy atom. The summed E-state index contributed by atoms with van der Waals surface area (Å²) in [5.41, 5.74) is 0.460. The molecule has 0 radical (unpaired) electrons. The van der Waals surface area contributed by atoms with Crippen molar-refractivity contribution in [3.8, 4) is 0 Å². The van der Waals surface area contributed by atoms with Crippen LogP contribution in [0.25, 0.3) is 16.7 Å². The summed E-state index contributed by atoms with van der Waals surface area (Å²) in [4.78, 5) is 48.3. The third-order valence-electron chi connectivity index (χ3n) is 7.61. The van der Waals surface area contributed by atoms with E-state index in [9.17, 15) is 18.8 Å². The van der Waals surface area contributed by atoms with E-state index in [0.29, 0.717) is 37.0 Å². The Hall–Kier alpha value is -3.82. The van der Waals surface area contributed by atoms with Gasteiger partial charge in [-0.1, -0.05) is 18.9 Å². The molecule has 1 N–H and O–H groups in total. The molecule has 0 atom stereocenters. The van der Waals surface area contributed by atoms with Gasteiger partial charge in [0.15, 0.2) is 0 Å². The van der Waals surface area contributed by atoms with Gasteiger partial charge in [-0.25, -0.2) is 19.2 Å². The molecule has 0 unspecified atom stereocenters. The van der Waals surface area contributed by atoms with Crippen LogP contribution < -0.4 is 16.6 Å². The number of amides is 1. The number of pyridine rings is 2. The number of fused-ring (bicyclic) bond motifs is 2. The molecule has 2 saturated carbocycles. The molecule has 36 heavy (non-hydrogen) atoms. The number of hydrogen-bond donors (Lipinski definition) is 1. The Morgan fingerprint density at radius 1 is 1.00 bits per heavy atom. The molecule has 0 aromatic carbocycles. The maximum absolute atomic E-state index is 14.0. The van der Waals surface area contributed by atoms with Crippen molar-refractivity contribution in [2.75, 3.05) is 0 Å². The fourth-order valence-corrected chi connectivity index (χ4v) is 5.80. The molecule has 6 rings (SSSR count). The summed E-state index contributed by atoms with van der Waals surface area (Å²) in [7, 11) is 0. The monoisotopic (exact) mass is 490 g/mol. The lowest BCUT2D eigenvalue weighted by atomic mass is 9.90. The van der Waals surface area contributed by atoms with Gasteiger partial charge >= 0.3 is 5.69 Å². The standard InChI is InChI=1S/C26H27FN6O3/c27-16-13-20-23(28-14-16)32(18-5-1-2-6-18)26(36)33(25(20)35)19-10-8-17(9-11-19)29-24(34)21-15-31-12-4-3-7-22(31)30-21/h3-4,7,12-15,17-19H,1-2,5-6,8-11H2,(H,29,34)/t17-,19+. The van der Waals surface area contributed by atoms with Crippen LogP contribution in [0.5, 0.6) is 0 Å². The first-order valence-corrected chi connectivity index (χ1v) is 12.6. The number of carbonyl (C=O) groups is 1. The van der Waals surface area contributed by atoms with E-state index in [0.717, 1.165) is 31.9 Å². The number of nitrogens with one attached hydrogen (secondary N) is 1. The topological polar surface area (TPSA) is 103 Å². The highest BCUT2D eigenvalue weighted by atomic mass is 19.1. The van der Waals surface area contributed by atoms with Crippen LogP contribution in [-0.2, 0) is 0 Å². The molecule has 186 valence electrons. The molecule has 4 aromatic rings. The van der Waals surface area contributed by atoms with Crippen LogP contribution in [0.2, 0.25) is 0 Å². The van der Waals surface area contributed by atoms with Gasteiger partial charge in [0, 0.05) is 30.5 Å². The van der Waals surface area contributed by atoms with Crippen molar-refractivity contribution in [1.82, 2.24) is 28.8 Å². The summed E-state index contributed by atoms with van der Waals surface area (Å²) >= 11 is 0. The summed E-state index contributed by atoms with van der Waals surface area (Å²) in [6, 6.07) is 6.34. The van der Waals surface area contributed by atoms with E-state index in [-0.39, 0.29) is 40.8 Å². The molecule has 0 spiro atoms. The second-order valence-corrected chi connectivity index (χ2v) is 9.86. The van der Waals surface area contributed by atoms with Crippen LogP contribution in [0.3, 0.4) is 0 Å². The Kier molecular flexibility index (Phi) is 5.66. The molecule has 2 aliphatic rings. The predicted molar refractivity (Wildman–Crippen MR) is 132 cm³/mol. The molecule has 2 aliphatic carbocycles. The largest absolute Gasteiger partial charge is 0.348 e. The zero-order valence-corrected chi connectivity index (χ0v) is 19.8. The molecule has 0 aliphatic heterocycles. The fraction of sp³-hybridized carbons (Fsp3) is 0.423. The molecule has 10 heteroatoms. The first kappa shape index (κ1) is 22.6. The minimum atomic E-state index is -0.596. The number of hydrogen-bond acceptors (Lipinski definition) is 5. The van der Waals surface area contributed by atoms with E-state index >= 15 is 0 Å². The maximum Gasteiger partial charge on any atom is 0.333 e. The van der Waals surface area contributed by atoms with Crippen LogP contribution in [0.4, 0.5) is 4.39 Å². The van der Waals surface area contributed by atoms with E-state index in [2.05, 4.69) is 15.3 Å². The molecule has 2 fully saturated rings. The third-order valence-corrected chi connectivity index (χ3v) is 7.61. The highest BCUT2D eigenvalue weighted by Gasteiger charge is 2.30. The van der Waals surface area contributed by atoms with Gasteiger partial charge in [-0.15, -0.1) is 0 Å². The van der Waals surface area contributed by atoms with Crippen molar-refractivity contribution in [2.45, 2.75) is 69.5 Å². The van der Waals surface area contributed by atoms with Gasteiger partial charge in [0.25, 0.3) is 11.5 Å². The first-order valence-electron chi connectivity index (χ1n) is 12.6. The van der Waals surface area contributed by atoms with Crippen LogP contribution in [0, 0.1) is 5.82 Å². The van der Waals surface area contributed by atoms with Crippen LogP contribution in [0.15, 0.2) is 52.4 Å². The molecule has 0 saturated heterocycles. The first-order chi connectivity index (χ1) is 17.5. The Labute approximate surface area is 205 Å². The summed E-state index contributed by atoms with van der Waals surface area (Å²) in [6.07, 6.45) is 10.7. The summed E-state index contributed by atoms with van der Waals surface area (Å²) in [6.45, 7) is 0. The van der Waals surface area contributed by atoms with E-state index < -0.39 is 11.4 Å². The van der Waals surface area contributed by atoms with E-state index in [1.807, 2.05) is 24.4 Å². The quantitative estimate of drug-likeness (QED) is 0.473. The highest BCUT2D eigenvalue weighted by molar-refractivity contribution is 5.93. The zero-order valence-electron chi connectivity index (χ0n) is 19.8. The number of halogens is 1. The number of imidazole rings is 1. The van der Waals surface area contributed by atoms with Gasteiger partial charge in [0.1, 0.15) is 22.8 Å². The van der Waals surface area contributed by atoms with Gasteiger partial charge in [-0.2, -0.15) is 0 Å². The lowest BCUT2D eigenvalue weighted by Gasteiger charge is -2.30. The molecule has 1 amide bonds. The number of aromatic nitrogens is 5. The lowest BCUT2D eigenvalue weighted by Crippen LogP contribution is -2.46. The minimum absolute atomic E-state index is 0.0362. The van der Waals surface area contributed by atoms with Crippen molar-refractivity contribution in [3.05, 3.63) is 75.2 Å². The van der Waals surface area contributed by atoms with E-state index in [1.54, 1.807) is 15.2 Å². The summed E-state index contributed by atoms with van der Waals surface area (Å²) < 4.78 is 18.8. The molecule has 0 bridgehead atoms. The SMILES string of the molecule is O=C(N[C@H]1CC[C@@H](n2c(=O)c3cc(F)cnc3n(C3CCCC3)c2=O)CC1)c1cn2ccccc2n1. The molecule has 9 nitrogen and oxygen atoms in total. The van der Waals surface area contributed by atoms with Gasteiger partial charge < -0.3 is 9.72 Å². The Morgan fingerprint density at radius 2 is 1.75 bits per heavy atom. The van der Waals surface area contributed by atoms with Crippen LogP contribution >= 0.6 is 0 Å². The van der Waals surface area contributed by atoms with Crippen molar-refractivity contribution >= 4 is 22.6 Å². The van der Waals surface area contributed by atoms with E-state index in [1.165, 1.54) is 10.6 Å². The third kappa shape index (κ3) is 3.90. The van der Waals surface area contributed by atoms with Gasteiger partial charge in [0.2, 0.25) is 0 Å². The zero-order chi connectivity index (χ0) is 24.8. The Balaban J connectivity index is 1.25. The smallest absolute Gasteiger partial charge is 0.333 e. The minimum Gasteiger partial charge on any atom is -0.348 e. The molecule has 4 aromatic heterocycles. The predicted octanol–water partition coefficient (Wildman–Crippen LogP) is 3.37. The molecule has 4 heterocycles. The second-order valence-electron chi connectivity index (χ2n) is 9.86. The second kappa shape index (κ2) is 9.00. The van der Waals surface area contributed by atoms with Crippen molar-refractivity contribution in [1.29, 1.82) is 0 Å². The average molecular weight is 491 g/mol. The van der Waals surface area contributed by atoms with Crippen molar-refractivity contribution in [2.24, 2.45) is 0 Å². The number of nitrogens with zero attached hydrogens (tertiary/aromatic N) is 5. The molecular formula is C26H27FN6O3. The van der Waals surface area contributed by atoms with Gasteiger partial charge in [-0.3, -0.25) is 18.7 Å². The fourth-order valence-electron chi connectivity index (χ4n) is 5.80. The number of rotatable bonds is 4. The lowest BCUT2D eigenvalue weighted by molar-refractivity contribution is 0.0917. The average Bonchev–Trinajstić information content (AvgIpc) is 3.56. The van der Waals surface area contributed by atoms with Crippen LogP contribution in [0.1, 0.15) is 73.9 Å². The van der Waals surface area contributed by atoms with E-state index in [4.69, 9.17) is 0 Å². The summed E-state index contributed by atoms with van der Waals surface area (Å²) in [5, 5.41) is 3.19. The van der Waals surface area contributed by atoms with Crippen molar-refractivity contribution in [3.63, 3.8) is 0 Å². The Bertz CT molecular complexity index is 1540. The van der Waals surface area contributed by atoms with Crippen molar-refractivity contribution < 1.29 is 9.18 Å². The highest BCUT2D eigenvalue weighted by Crippen LogP contribution is 2.31. The van der Waals surface area contributed by atoms with Gasteiger partial charge in [0.05, 0.1) is 11.6 Å². The normalized spacial score (nSPS) is 20.8. The summed E-state index contributed by atoms with van der Waals surface area (Å²) in [5.74, 6) is -0.837. The van der Waals surface area contributed by atoms with Gasteiger partial charge in [-0.05, 0) is 56.7 Å².